The number of ether oxygens (including phenoxy) is 4. The first-order valence-corrected chi connectivity index (χ1v) is 13.2. The number of esters is 2. The number of hydrogen-bond acceptors (Lipinski definition) is 8. The lowest BCUT2D eigenvalue weighted by molar-refractivity contribution is -0.166. The molecule has 0 aliphatic heterocycles. The summed E-state index contributed by atoms with van der Waals surface area (Å²) < 4.78 is 22.1. The summed E-state index contributed by atoms with van der Waals surface area (Å²) in [4.78, 5) is 51.4. The van der Waals surface area contributed by atoms with Crippen LogP contribution in [0.4, 0.5) is 4.79 Å². The molecule has 3 atom stereocenters. The molecule has 0 fully saturated rings. The van der Waals surface area contributed by atoms with Crippen molar-refractivity contribution in [3.8, 4) is 0 Å². The molecule has 0 unspecified atom stereocenters. The van der Waals surface area contributed by atoms with Crippen LogP contribution in [0.2, 0.25) is 0 Å². The molecule has 0 aromatic heterocycles. The Morgan fingerprint density at radius 2 is 1.36 bits per heavy atom. The Bertz CT molecular complexity index is 958. The fraction of sp³-hybridized carbons (Fsp3) is 0.655. The minimum Gasteiger partial charge on any atom is -0.460 e. The zero-order valence-corrected chi connectivity index (χ0v) is 25.0. The summed E-state index contributed by atoms with van der Waals surface area (Å²) >= 11 is 0. The summed E-state index contributed by atoms with van der Waals surface area (Å²) in [5.74, 6) is -1.92. The lowest BCUT2D eigenvalue weighted by Gasteiger charge is -2.32. The van der Waals surface area contributed by atoms with Crippen molar-refractivity contribution in [3.63, 3.8) is 0 Å². The van der Waals surface area contributed by atoms with Gasteiger partial charge in [-0.15, -0.1) is 0 Å². The third kappa shape index (κ3) is 15.1. The second kappa shape index (κ2) is 14.3. The molecule has 1 rings (SSSR count). The van der Waals surface area contributed by atoms with Crippen LogP contribution in [-0.2, 0) is 39.9 Å². The Hall–Kier alpha value is -3.14. The van der Waals surface area contributed by atoms with E-state index in [-0.39, 0.29) is 19.4 Å². The molecule has 0 spiro atoms. The summed E-state index contributed by atoms with van der Waals surface area (Å²) in [6, 6.07) is 6.67. The number of carbonyl (C=O) groups is 4. The Labute approximate surface area is 232 Å². The van der Waals surface area contributed by atoms with Crippen LogP contribution in [0, 0.1) is 0 Å². The van der Waals surface area contributed by atoms with E-state index in [1.807, 2.05) is 39.0 Å². The number of hydrogen-bond donors (Lipinski definition) is 2. The van der Waals surface area contributed by atoms with Gasteiger partial charge < -0.3 is 29.6 Å². The second-order valence-corrected chi connectivity index (χ2v) is 12.3. The highest BCUT2D eigenvalue weighted by molar-refractivity contribution is 5.90. The number of benzene rings is 1. The van der Waals surface area contributed by atoms with E-state index in [4.69, 9.17) is 18.9 Å². The van der Waals surface area contributed by atoms with Crippen LogP contribution in [0.15, 0.2) is 30.3 Å². The number of carbonyl (C=O) groups excluding carboxylic acids is 4. The summed E-state index contributed by atoms with van der Waals surface area (Å²) in [7, 11) is 0. The van der Waals surface area contributed by atoms with Gasteiger partial charge in [0.2, 0.25) is 5.91 Å². The lowest BCUT2D eigenvalue weighted by Crippen LogP contribution is -2.57. The van der Waals surface area contributed by atoms with E-state index in [0.29, 0.717) is 0 Å². The van der Waals surface area contributed by atoms with Crippen molar-refractivity contribution in [2.24, 2.45) is 0 Å². The third-order valence-corrected chi connectivity index (χ3v) is 4.85. The molecule has 0 heterocycles. The van der Waals surface area contributed by atoms with Gasteiger partial charge in [-0.3, -0.25) is 9.59 Å². The molecule has 220 valence electrons. The summed E-state index contributed by atoms with van der Waals surface area (Å²) in [6.07, 6.45) is -1.85. The molecular weight excluding hydrogens is 504 g/mol. The predicted molar refractivity (Wildman–Crippen MR) is 147 cm³/mol. The van der Waals surface area contributed by atoms with Crippen molar-refractivity contribution in [1.82, 2.24) is 10.6 Å². The monoisotopic (exact) mass is 550 g/mol. The topological polar surface area (TPSA) is 129 Å². The van der Waals surface area contributed by atoms with E-state index in [0.717, 1.165) is 5.56 Å². The van der Waals surface area contributed by atoms with Gasteiger partial charge in [0.15, 0.2) is 6.04 Å². The molecule has 0 bridgehead atoms. The molecule has 10 nitrogen and oxygen atoms in total. The first-order valence-electron chi connectivity index (χ1n) is 13.2. The van der Waals surface area contributed by atoms with Gasteiger partial charge in [-0.05, 0) is 81.2 Å². The van der Waals surface area contributed by atoms with Gasteiger partial charge in [0.05, 0.1) is 11.7 Å². The maximum atomic E-state index is 13.4. The van der Waals surface area contributed by atoms with Gasteiger partial charge in [-0.2, -0.15) is 0 Å². The average Bonchev–Trinajstić information content (AvgIpc) is 2.75. The van der Waals surface area contributed by atoms with Crippen molar-refractivity contribution < 1.29 is 38.1 Å². The van der Waals surface area contributed by atoms with Gasteiger partial charge in [0.1, 0.15) is 23.9 Å². The zero-order valence-electron chi connectivity index (χ0n) is 25.0. The number of amides is 2. The first kappa shape index (κ1) is 33.9. The Morgan fingerprint density at radius 1 is 0.795 bits per heavy atom. The van der Waals surface area contributed by atoms with E-state index >= 15 is 0 Å². The van der Waals surface area contributed by atoms with Crippen LogP contribution >= 0.6 is 0 Å². The van der Waals surface area contributed by atoms with Crippen molar-refractivity contribution in [3.05, 3.63) is 35.9 Å². The fourth-order valence-electron chi connectivity index (χ4n) is 3.44. The van der Waals surface area contributed by atoms with E-state index in [2.05, 4.69) is 10.6 Å². The minimum absolute atomic E-state index is 0.00985. The normalized spacial score (nSPS) is 14.4. The standard InChI is InChI=1S/C29H46N2O8/c1-19(37-27(2,3)4)23(25(34)39-29(8,9)10)31-24(33)21(16-17-22(32)38-28(5,6)7)30-26(35)36-18-20-14-12-11-13-15-20/h11-15,19,21,23H,16-18H2,1-10H3,(H,30,35)(H,31,33)/t19-,21+,23+/m1/s1. The van der Waals surface area contributed by atoms with Gasteiger partial charge in [0, 0.05) is 6.42 Å². The van der Waals surface area contributed by atoms with Crippen molar-refractivity contribution in [2.75, 3.05) is 0 Å². The Balaban J connectivity index is 3.09. The number of rotatable bonds is 11. The fourth-order valence-corrected chi connectivity index (χ4v) is 3.44. The van der Waals surface area contributed by atoms with Crippen LogP contribution < -0.4 is 10.6 Å². The van der Waals surface area contributed by atoms with Crippen LogP contribution in [0.3, 0.4) is 0 Å². The highest BCUT2D eigenvalue weighted by atomic mass is 16.6. The largest absolute Gasteiger partial charge is 0.460 e. The van der Waals surface area contributed by atoms with Crippen LogP contribution in [0.5, 0.6) is 0 Å². The molecule has 39 heavy (non-hydrogen) atoms. The highest BCUT2D eigenvalue weighted by Crippen LogP contribution is 2.17. The van der Waals surface area contributed by atoms with Gasteiger partial charge in [-0.1, -0.05) is 30.3 Å². The zero-order chi connectivity index (χ0) is 30.0. The molecule has 0 aliphatic rings. The number of alkyl carbamates (subject to hydrolysis) is 1. The van der Waals surface area contributed by atoms with Crippen LogP contribution in [0.1, 0.15) is 87.6 Å². The quantitative estimate of drug-likeness (QED) is 0.306. The smallest absolute Gasteiger partial charge is 0.408 e. The van der Waals surface area contributed by atoms with Crippen LogP contribution in [0.25, 0.3) is 0 Å². The summed E-state index contributed by atoms with van der Waals surface area (Å²) in [5, 5.41) is 5.16. The summed E-state index contributed by atoms with van der Waals surface area (Å²) in [5.41, 5.74) is -1.37. The lowest BCUT2D eigenvalue weighted by atomic mass is 10.1. The maximum Gasteiger partial charge on any atom is 0.408 e. The van der Waals surface area contributed by atoms with Gasteiger partial charge >= 0.3 is 18.0 Å². The first-order chi connectivity index (χ1) is 17.8. The molecule has 0 aliphatic carbocycles. The van der Waals surface area contributed by atoms with E-state index in [9.17, 15) is 19.2 Å². The van der Waals surface area contributed by atoms with E-state index in [1.54, 1.807) is 60.6 Å². The molecule has 0 saturated carbocycles. The van der Waals surface area contributed by atoms with Crippen LogP contribution in [-0.4, -0.2) is 58.9 Å². The summed E-state index contributed by atoms with van der Waals surface area (Å²) in [6.45, 7) is 17.5. The minimum atomic E-state index is -1.20. The third-order valence-electron chi connectivity index (χ3n) is 4.85. The van der Waals surface area contributed by atoms with Gasteiger partial charge in [0.25, 0.3) is 0 Å². The molecular formula is C29H46N2O8. The van der Waals surface area contributed by atoms with Crippen molar-refractivity contribution in [1.29, 1.82) is 0 Å². The Morgan fingerprint density at radius 3 is 1.87 bits per heavy atom. The molecule has 0 radical (unpaired) electrons. The second-order valence-electron chi connectivity index (χ2n) is 12.3. The molecule has 2 amide bonds. The average molecular weight is 551 g/mol. The molecule has 0 saturated heterocycles. The Kier molecular flexibility index (Phi) is 12.4. The van der Waals surface area contributed by atoms with Crippen molar-refractivity contribution >= 4 is 23.9 Å². The number of nitrogens with one attached hydrogen (secondary N) is 2. The van der Waals surface area contributed by atoms with E-state index < -0.39 is 58.9 Å². The molecule has 2 N–H and O–H groups in total. The van der Waals surface area contributed by atoms with Gasteiger partial charge in [-0.25, -0.2) is 9.59 Å². The maximum absolute atomic E-state index is 13.4. The predicted octanol–water partition coefficient (Wildman–Crippen LogP) is 4.43. The highest BCUT2D eigenvalue weighted by Gasteiger charge is 2.36. The molecule has 1 aromatic carbocycles. The van der Waals surface area contributed by atoms with E-state index in [1.165, 1.54) is 0 Å². The SMILES string of the molecule is C[C@@H](OC(C)(C)C)[C@H](NC(=O)[C@H](CCC(=O)OC(C)(C)C)NC(=O)OCc1ccccc1)C(=O)OC(C)(C)C. The van der Waals surface area contributed by atoms with Crippen molar-refractivity contribution in [2.45, 2.75) is 124 Å². The molecule has 1 aromatic rings. The molecule has 10 heteroatoms.